The number of terminal acetylenes is 1. The topological polar surface area (TPSA) is 46.2 Å². The molecule has 3 nitrogen and oxygen atoms in total. The highest BCUT2D eigenvalue weighted by molar-refractivity contribution is 7.90. The molecule has 0 atom stereocenters. The van der Waals surface area contributed by atoms with Gasteiger partial charge in [-0.1, -0.05) is 6.42 Å². The van der Waals surface area contributed by atoms with Gasteiger partial charge in [0.2, 0.25) is 0 Å². The van der Waals surface area contributed by atoms with Crippen LogP contribution in [0.4, 0.5) is 30.7 Å². The van der Waals surface area contributed by atoms with Gasteiger partial charge in [-0.25, -0.2) is 4.72 Å². The Balaban J connectivity index is 5.65. The summed E-state index contributed by atoms with van der Waals surface area (Å²) >= 11 is 0. The zero-order valence-corrected chi connectivity index (χ0v) is 7.76. The molecule has 0 aliphatic rings. The fraction of sp³-hybridized carbons (Fsp3) is 0.600. The molecule has 0 saturated carbocycles. The van der Waals surface area contributed by atoms with Gasteiger partial charge in [0.05, 0.1) is 0 Å². The summed E-state index contributed by atoms with van der Waals surface area (Å²) in [7, 11) is -6.34. The van der Waals surface area contributed by atoms with Crippen molar-refractivity contribution in [2.75, 3.05) is 0 Å². The molecule has 0 spiro atoms. The van der Waals surface area contributed by atoms with E-state index in [0.717, 1.165) is 6.04 Å². The molecule has 0 unspecified atom stereocenters. The minimum atomic E-state index is -6.76. The zero-order chi connectivity index (χ0) is 13.4. The van der Waals surface area contributed by atoms with Gasteiger partial charge in [0.25, 0.3) is 0 Å². The maximum Gasteiger partial charge on any atom is 0.461 e. The SMILES string of the molecule is C#CNS(=O)(=O)C(F)(F)C(F)(F)C(F)(F)F. The van der Waals surface area contributed by atoms with Crippen molar-refractivity contribution in [1.29, 1.82) is 0 Å². The molecule has 0 heterocycles. The van der Waals surface area contributed by atoms with Gasteiger partial charge in [-0.3, -0.25) is 0 Å². The van der Waals surface area contributed by atoms with E-state index in [1.807, 2.05) is 0 Å². The van der Waals surface area contributed by atoms with Crippen LogP contribution in [0.3, 0.4) is 0 Å². The maximum atomic E-state index is 12.4. The highest BCUT2D eigenvalue weighted by Crippen LogP contribution is 2.48. The van der Waals surface area contributed by atoms with Crippen molar-refractivity contribution in [3.05, 3.63) is 0 Å². The van der Waals surface area contributed by atoms with Gasteiger partial charge in [-0.05, 0) is 0 Å². The Morgan fingerprint density at radius 1 is 1.00 bits per heavy atom. The van der Waals surface area contributed by atoms with Gasteiger partial charge in [0.1, 0.15) is 0 Å². The maximum absolute atomic E-state index is 12.4. The van der Waals surface area contributed by atoms with Crippen LogP contribution in [-0.2, 0) is 10.0 Å². The molecule has 0 aromatic heterocycles. The molecule has 16 heavy (non-hydrogen) atoms. The summed E-state index contributed by atoms with van der Waals surface area (Å²) < 4.78 is 105. The number of halogens is 7. The van der Waals surface area contributed by atoms with Gasteiger partial charge in [0, 0.05) is 6.04 Å². The van der Waals surface area contributed by atoms with Gasteiger partial charge in [-0.15, -0.1) is 0 Å². The lowest BCUT2D eigenvalue weighted by molar-refractivity contribution is -0.332. The predicted octanol–water partition coefficient (Wildman–Crippen LogP) is 1.29. The minimum Gasteiger partial charge on any atom is -0.237 e. The third kappa shape index (κ3) is 2.01. The Hall–Kier alpha value is -1.18. The summed E-state index contributed by atoms with van der Waals surface area (Å²) in [5.74, 6) is -6.76. The standard InChI is InChI=1S/C5H2F7NO2S/c1-2-13-16(14,15)5(11,12)3(6,7)4(8,9)10/h1,13H. The summed E-state index contributed by atoms with van der Waals surface area (Å²) in [6, 6.07) is 0.819. The lowest BCUT2D eigenvalue weighted by Gasteiger charge is -2.26. The number of sulfonamides is 1. The largest absolute Gasteiger partial charge is 0.461 e. The van der Waals surface area contributed by atoms with Crippen LogP contribution in [0.15, 0.2) is 0 Å². The molecule has 0 aliphatic carbocycles. The first-order chi connectivity index (χ1) is 6.81. The average molecular weight is 273 g/mol. The van der Waals surface area contributed by atoms with E-state index in [0.29, 0.717) is 4.72 Å². The van der Waals surface area contributed by atoms with Crippen molar-refractivity contribution in [2.24, 2.45) is 0 Å². The lowest BCUT2D eigenvalue weighted by Crippen LogP contribution is -2.58. The molecule has 11 heteroatoms. The first-order valence-corrected chi connectivity index (χ1v) is 4.59. The van der Waals surface area contributed by atoms with Crippen LogP contribution in [0.2, 0.25) is 0 Å². The normalized spacial score (nSPS) is 14.4. The Labute approximate surface area is 84.7 Å². The third-order valence-electron chi connectivity index (χ3n) is 1.25. The molecule has 0 aliphatic heterocycles. The average Bonchev–Trinajstić information content (AvgIpc) is 2.01. The van der Waals surface area contributed by atoms with Crippen LogP contribution in [0.5, 0.6) is 0 Å². The molecule has 0 aromatic rings. The summed E-state index contributed by atoms with van der Waals surface area (Å²) in [5, 5.41) is -6.41. The molecule has 0 aromatic carbocycles. The van der Waals surface area contributed by atoms with Gasteiger partial charge in [0.15, 0.2) is 0 Å². The molecular formula is C5H2F7NO2S. The fourth-order valence-electron chi connectivity index (χ4n) is 0.475. The predicted molar refractivity (Wildman–Crippen MR) is 36.8 cm³/mol. The van der Waals surface area contributed by atoms with Crippen molar-refractivity contribution in [3.8, 4) is 12.5 Å². The first kappa shape index (κ1) is 14.8. The minimum absolute atomic E-state index is 0.410. The van der Waals surface area contributed by atoms with Crippen molar-refractivity contribution in [1.82, 2.24) is 4.72 Å². The molecule has 0 radical (unpaired) electrons. The quantitative estimate of drug-likeness (QED) is 0.478. The van der Waals surface area contributed by atoms with Crippen LogP contribution in [-0.4, -0.2) is 25.8 Å². The Bertz CT molecular complexity index is 403. The number of nitrogens with one attached hydrogen (secondary N) is 1. The van der Waals surface area contributed by atoms with E-state index < -0.39 is 27.4 Å². The van der Waals surface area contributed by atoms with Crippen molar-refractivity contribution < 1.29 is 39.2 Å². The fourth-order valence-corrected chi connectivity index (χ4v) is 1.21. The van der Waals surface area contributed by atoms with Crippen molar-refractivity contribution in [2.45, 2.75) is 17.4 Å². The van der Waals surface area contributed by atoms with Gasteiger partial charge >= 0.3 is 27.4 Å². The molecule has 0 fully saturated rings. The van der Waals surface area contributed by atoms with E-state index in [2.05, 4.69) is 6.42 Å². The van der Waals surface area contributed by atoms with Crippen molar-refractivity contribution in [3.63, 3.8) is 0 Å². The molecule has 94 valence electrons. The Kier molecular flexibility index (Phi) is 3.42. The number of alkyl halides is 7. The monoisotopic (exact) mass is 273 g/mol. The lowest BCUT2D eigenvalue weighted by atomic mass is 10.3. The zero-order valence-electron chi connectivity index (χ0n) is 6.95. The summed E-state index contributed by atoms with van der Waals surface area (Å²) in [6.07, 6.45) is -2.57. The highest BCUT2D eigenvalue weighted by atomic mass is 32.2. The molecule has 1 N–H and O–H groups in total. The van der Waals surface area contributed by atoms with Crippen LogP contribution >= 0.6 is 0 Å². The highest BCUT2D eigenvalue weighted by Gasteiger charge is 2.78. The van der Waals surface area contributed by atoms with Gasteiger partial charge in [-0.2, -0.15) is 39.2 Å². The molecular weight excluding hydrogens is 271 g/mol. The molecule has 0 bridgehead atoms. The van der Waals surface area contributed by atoms with Crippen LogP contribution in [0.25, 0.3) is 0 Å². The summed E-state index contributed by atoms with van der Waals surface area (Å²) in [5.41, 5.74) is 0. The molecule has 0 saturated heterocycles. The van der Waals surface area contributed by atoms with Crippen molar-refractivity contribution >= 4 is 10.0 Å². The number of hydrogen-bond donors (Lipinski definition) is 1. The second-order valence-electron chi connectivity index (χ2n) is 2.34. The van der Waals surface area contributed by atoms with E-state index in [-0.39, 0.29) is 0 Å². The van der Waals surface area contributed by atoms with Crippen LogP contribution in [0.1, 0.15) is 0 Å². The second-order valence-corrected chi connectivity index (χ2v) is 4.06. The smallest absolute Gasteiger partial charge is 0.237 e. The summed E-state index contributed by atoms with van der Waals surface area (Å²) in [4.78, 5) is 0. The molecule has 0 amide bonds. The van der Waals surface area contributed by atoms with Crippen LogP contribution in [0, 0.1) is 12.5 Å². The van der Waals surface area contributed by atoms with E-state index >= 15 is 0 Å². The van der Waals surface area contributed by atoms with Crippen LogP contribution < -0.4 is 4.72 Å². The second kappa shape index (κ2) is 3.69. The Morgan fingerprint density at radius 2 is 1.38 bits per heavy atom. The van der Waals surface area contributed by atoms with E-state index in [4.69, 9.17) is 0 Å². The first-order valence-electron chi connectivity index (χ1n) is 3.10. The number of hydrogen-bond acceptors (Lipinski definition) is 2. The Morgan fingerprint density at radius 3 is 1.62 bits per heavy atom. The van der Waals surface area contributed by atoms with Gasteiger partial charge < -0.3 is 0 Å². The van der Waals surface area contributed by atoms with E-state index in [1.54, 1.807) is 0 Å². The summed E-state index contributed by atoms with van der Waals surface area (Å²) in [6.45, 7) is 0. The van der Waals surface area contributed by atoms with E-state index in [9.17, 15) is 39.2 Å². The molecule has 0 rings (SSSR count). The van der Waals surface area contributed by atoms with E-state index in [1.165, 1.54) is 0 Å². The number of rotatable bonds is 3. The third-order valence-corrected chi connectivity index (χ3v) is 2.57.